The molecule has 5 heteroatoms. The number of hydrogen-bond acceptors (Lipinski definition) is 2. The van der Waals surface area contributed by atoms with E-state index < -0.39 is 5.82 Å². The molecule has 122 valence electrons. The van der Waals surface area contributed by atoms with Crippen molar-refractivity contribution in [2.75, 3.05) is 11.9 Å². The van der Waals surface area contributed by atoms with Gasteiger partial charge in [0.2, 0.25) is 0 Å². The molecule has 0 bridgehead atoms. The Morgan fingerprint density at radius 1 is 1.30 bits per heavy atom. The van der Waals surface area contributed by atoms with Gasteiger partial charge in [-0.2, -0.15) is 0 Å². The molecule has 0 aliphatic carbocycles. The van der Waals surface area contributed by atoms with Crippen molar-refractivity contribution in [1.82, 2.24) is 0 Å². The molecule has 0 aliphatic heterocycles. The van der Waals surface area contributed by atoms with Crippen molar-refractivity contribution in [3.63, 3.8) is 0 Å². The molecular weight excluding hydrogens is 361 g/mol. The van der Waals surface area contributed by atoms with E-state index in [-0.39, 0.29) is 18.4 Å². The summed E-state index contributed by atoms with van der Waals surface area (Å²) in [5.74, 6) is 0.239. The SMILES string of the molecule is Cc1cc(OCC(=O)Nc2cccc(F)c2)c(C(C)C)cc1Br. The van der Waals surface area contributed by atoms with Crippen LogP contribution >= 0.6 is 15.9 Å². The third kappa shape index (κ3) is 4.79. The number of benzene rings is 2. The van der Waals surface area contributed by atoms with E-state index in [2.05, 4.69) is 35.1 Å². The Morgan fingerprint density at radius 3 is 2.70 bits per heavy atom. The second-order valence-corrected chi connectivity index (χ2v) is 6.50. The molecule has 1 N–H and O–H groups in total. The first-order chi connectivity index (χ1) is 10.9. The molecule has 2 rings (SSSR count). The van der Waals surface area contributed by atoms with Crippen molar-refractivity contribution in [2.45, 2.75) is 26.7 Å². The molecule has 0 atom stereocenters. The minimum atomic E-state index is -0.394. The summed E-state index contributed by atoms with van der Waals surface area (Å²) in [6.45, 7) is 5.97. The number of carbonyl (C=O) groups excluding carboxylic acids is 1. The summed E-state index contributed by atoms with van der Waals surface area (Å²) in [4.78, 5) is 12.0. The van der Waals surface area contributed by atoms with Crippen LogP contribution in [0.1, 0.15) is 30.9 Å². The van der Waals surface area contributed by atoms with Gasteiger partial charge < -0.3 is 10.1 Å². The first-order valence-electron chi connectivity index (χ1n) is 7.35. The number of amides is 1. The zero-order valence-electron chi connectivity index (χ0n) is 13.3. The van der Waals surface area contributed by atoms with Crippen LogP contribution in [0.3, 0.4) is 0 Å². The third-order valence-electron chi connectivity index (χ3n) is 3.38. The van der Waals surface area contributed by atoms with E-state index >= 15 is 0 Å². The van der Waals surface area contributed by atoms with Crippen LogP contribution in [0.2, 0.25) is 0 Å². The summed E-state index contributed by atoms with van der Waals surface area (Å²) in [7, 11) is 0. The van der Waals surface area contributed by atoms with Crippen molar-refractivity contribution >= 4 is 27.5 Å². The van der Waals surface area contributed by atoms with Crippen LogP contribution in [-0.2, 0) is 4.79 Å². The van der Waals surface area contributed by atoms with E-state index in [0.717, 1.165) is 15.6 Å². The Labute approximate surface area is 144 Å². The maximum atomic E-state index is 13.1. The normalized spacial score (nSPS) is 10.7. The maximum absolute atomic E-state index is 13.1. The highest BCUT2D eigenvalue weighted by molar-refractivity contribution is 9.10. The monoisotopic (exact) mass is 379 g/mol. The number of ether oxygens (including phenoxy) is 1. The van der Waals surface area contributed by atoms with Crippen molar-refractivity contribution in [1.29, 1.82) is 0 Å². The van der Waals surface area contributed by atoms with Crippen LogP contribution in [0, 0.1) is 12.7 Å². The Kier molecular flexibility index (Phi) is 5.77. The minimum absolute atomic E-state index is 0.128. The number of nitrogens with one attached hydrogen (secondary N) is 1. The van der Waals surface area contributed by atoms with Crippen LogP contribution in [0.15, 0.2) is 40.9 Å². The predicted octanol–water partition coefficient (Wildman–Crippen LogP) is 5.04. The van der Waals surface area contributed by atoms with Crippen LogP contribution in [0.25, 0.3) is 0 Å². The highest BCUT2D eigenvalue weighted by Gasteiger charge is 2.12. The Hall–Kier alpha value is -1.88. The van der Waals surface area contributed by atoms with E-state index in [9.17, 15) is 9.18 Å². The molecule has 0 aliphatic rings. The highest BCUT2D eigenvalue weighted by Crippen LogP contribution is 2.32. The molecule has 0 fully saturated rings. The van der Waals surface area contributed by atoms with Crippen LogP contribution in [0.5, 0.6) is 5.75 Å². The molecule has 1 amide bonds. The van der Waals surface area contributed by atoms with Crippen molar-refractivity contribution in [2.24, 2.45) is 0 Å². The standard InChI is InChI=1S/C18H19BrFNO2/c1-11(2)15-9-16(19)12(3)7-17(15)23-10-18(22)21-14-6-4-5-13(20)8-14/h4-9,11H,10H2,1-3H3,(H,21,22). The zero-order valence-corrected chi connectivity index (χ0v) is 14.9. The summed E-state index contributed by atoms with van der Waals surface area (Å²) in [6, 6.07) is 9.69. The first kappa shape index (κ1) is 17.5. The second kappa shape index (κ2) is 7.59. The van der Waals surface area contributed by atoms with Gasteiger partial charge in [-0.1, -0.05) is 35.8 Å². The summed E-state index contributed by atoms with van der Waals surface area (Å²) in [5.41, 5.74) is 2.48. The predicted molar refractivity (Wildman–Crippen MR) is 93.5 cm³/mol. The van der Waals surface area contributed by atoms with Gasteiger partial charge in [0.15, 0.2) is 6.61 Å². The summed E-state index contributed by atoms with van der Waals surface area (Å²) in [5, 5.41) is 2.61. The van der Waals surface area contributed by atoms with Gasteiger partial charge in [0.25, 0.3) is 5.91 Å². The lowest BCUT2D eigenvalue weighted by molar-refractivity contribution is -0.118. The molecule has 0 radical (unpaired) electrons. The van der Waals surface area contributed by atoms with Crippen LogP contribution < -0.4 is 10.1 Å². The summed E-state index contributed by atoms with van der Waals surface area (Å²) in [6.07, 6.45) is 0. The minimum Gasteiger partial charge on any atom is -0.483 e. The van der Waals surface area contributed by atoms with Gasteiger partial charge in [0.1, 0.15) is 11.6 Å². The quantitative estimate of drug-likeness (QED) is 0.790. The molecule has 3 nitrogen and oxygen atoms in total. The topological polar surface area (TPSA) is 38.3 Å². The number of aryl methyl sites for hydroxylation is 1. The molecule has 2 aromatic carbocycles. The number of hydrogen-bond donors (Lipinski definition) is 1. The van der Waals surface area contributed by atoms with Gasteiger partial charge in [-0.3, -0.25) is 4.79 Å². The summed E-state index contributed by atoms with van der Waals surface area (Å²) >= 11 is 3.51. The Morgan fingerprint density at radius 2 is 2.04 bits per heavy atom. The number of carbonyl (C=O) groups is 1. The van der Waals surface area contributed by atoms with E-state index in [1.807, 2.05) is 19.1 Å². The molecule has 0 aromatic heterocycles. The van der Waals surface area contributed by atoms with Gasteiger partial charge in [0.05, 0.1) is 0 Å². The van der Waals surface area contributed by atoms with Crippen LogP contribution in [-0.4, -0.2) is 12.5 Å². The van der Waals surface area contributed by atoms with E-state index in [1.54, 1.807) is 12.1 Å². The lowest BCUT2D eigenvalue weighted by atomic mass is 10.0. The molecule has 0 spiro atoms. The lowest BCUT2D eigenvalue weighted by Crippen LogP contribution is -2.20. The van der Waals surface area contributed by atoms with E-state index in [0.29, 0.717) is 11.4 Å². The molecule has 0 unspecified atom stereocenters. The number of anilines is 1. The van der Waals surface area contributed by atoms with Gasteiger partial charge in [-0.25, -0.2) is 4.39 Å². The van der Waals surface area contributed by atoms with Crippen molar-refractivity contribution < 1.29 is 13.9 Å². The van der Waals surface area contributed by atoms with Crippen LogP contribution in [0.4, 0.5) is 10.1 Å². The third-order valence-corrected chi connectivity index (χ3v) is 4.23. The molecular formula is C18H19BrFNO2. The highest BCUT2D eigenvalue weighted by atomic mass is 79.9. The number of rotatable bonds is 5. The van der Waals surface area contributed by atoms with Gasteiger partial charge >= 0.3 is 0 Å². The molecule has 0 heterocycles. The second-order valence-electron chi connectivity index (χ2n) is 5.64. The average molecular weight is 380 g/mol. The first-order valence-corrected chi connectivity index (χ1v) is 8.14. The Bertz CT molecular complexity index is 716. The summed E-state index contributed by atoms with van der Waals surface area (Å²) < 4.78 is 19.8. The molecule has 0 saturated heterocycles. The van der Waals surface area contributed by atoms with Crippen molar-refractivity contribution in [3.05, 3.63) is 57.8 Å². The van der Waals surface area contributed by atoms with E-state index in [1.165, 1.54) is 12.1 Å². The molecule has 2 aromatic rings. The Balaban J connectivity index is 2.05. The van der Waals surface area contributed by atoms with Gasteiger partial charge in [-0.05, 0) is 54.3 Å². The van der Waals surface area contributed by atoms with E-state index in [4.69, 9.17) is 4.74 Å². The fraction of sp³-hybridized carbons (Fsp3) is 0.278. The maximum Gasteiger partial charge on any atom is 0.262 e. The van der Waals surface area contributed by atoms with Gasteiger partial charge in [-0.15, -0.1) is 0 Å². The van der Waals surface area contributed by atoms with Crippen molar-refractivity contribution in [3.8, 4) is 5.75 Å². The lowest BCUT2D eigenvalue weighted by Gasteiger charge is -2.16. The molecule has 23 heavy (non-hydrogen) atoms. The van der Waals surface area contributed by atoms with Gasteiger partial charge in [0, 0.05) is 10.2 Å². The smallest absolute Gasteiger partial charge is 0.262 e. The number of halogens is 2. The average Bonchev–Trinajstić information content (AvgIpc) is 2.47. The fourth-order valence-electron chi connectivity index (χ4n) is 2.15. The molecule has 0 saturated carbocycles. The fourth-order valence-corrected chi connectivity index (χ4v) is 2.51. The zero-order chi connectivity index (χ0) is 17.0. The largest absolute Gasteiger partial charge is 0.483 e.